The number of benzene rings is 1. The topological polar surface area (TPSA) is 17.1 Å². The summed E-state index contributed by atoms with van der Waals surface area (Å²) in [5.74, 6) is 0.282. The number of hydrogen-bond donors (Lipinski definition) is 0. The van der Waals surface area contributed by atoms with Gasteiger partial charge >= 0.3 is 0 Å². The van der Waals surface area contributed by atoms with Crippen LogP contribution in [-0.4, -0.2) is 5.78 Å². The Balaban J connectivity index is 2.18. The molecule has 0 unspecified atom stereocenters. The van der Waals surface area contributed by atoms with E-state index in [0.717, 1.165) is 12.8 Å². The minimum Gasteiger partial charge on any atom is -0.295 e. The summed E-state index contributed by atoms with van der Waals surface area (Å²) in [6.07, 6.45) is 4.49. The number of rotatable bonds is 2. The Labute approximate surface area is 110 Å². The quantitative estimate of drug-likeness (QED) is 0.761. The van der Waals surface area contributed by atoms with Crippen molar-refractivity contribution < 1.29 is 4.79 Å². The van der Waals surface area contributed by atoms with E-state index in [1.807, 2.05) is 6.08 Å². The van der Waals surface area contributed by atoms with E-state index < -0.39 is 0 Å². The zero-order chi connectivity index (χ0) is 13.3. The monoisotopic (exact) mass is 242 g/mol. The van der Waals surface area contributed by atoms with Gasteiger partial charge in [0.15, 0.2) is 5.78 Å². The lowest BCUT2D eigenvalue weighted by atomic mass is 9.75. The third-order valence-corrected chi connectivity index (χ3v) is 3.73. The van der Waals surface area contributed by atoms with E-state index in [0.29, 0.717) is 6.42 Å². The molecule has 0 saturated carbocycles. The summed E-state index contributed by atoms with van der Waals surface area (Å²) in [6.45, 7) is 8.63. The van der Waals surface area contributed by atoms with E-state index in [1.165, 1.54) is 22.3 Å². The molecule has 0 bridgehead atoms. The number of aryl methyl sites for hydroxylation is 2. The van der Waals surface area contributed by atoms with E-state index >= 15 is 0 Å². The lowest BCUT2D eigenvalue weighted by Gasteiger charge is -2.29. The summed E-state index contributed by atoms with van der Waals surface area (Å²) in [7, 11) is 0. The molecule has 2 rings (SSSR count). The van der Waals surface area contributed by atoms with E-state index in [-0.39, 0.29) is 11.2 Å². The van der Waals surface area contributed by atoms with Crippen molar-refractivity contribution in [1.29, 1.82) is 0 Å². The number of hydrogen-bond acceptors (Lipinski definition) is 1. The van der Waals surface area contributed by atoms with Crippen molar-refractivity contribution in [1.82, 2.24) is 0 Å². The molecule has 1 aliphatic rings. The smallest absolute Gasteiger partial charge is 0.156 e. The molecule has 18 heavy (non-hydrogen) atoms. The molecule has 1 aliphatic carbocycles. The van der Waals surface area contributed by atoms with Crippen molar-refractivity contribution in [2.24, 2.45) is 5.41 Å². The Bertz CT molecular complexity index is 506. The molecule has 0 fully saturated rings. The fourth-order valence-corrected chi connectivity index (χ4v) is 2.77. The number of ketones is 1. The fraction of sp³-hybridized carbons (Fsp3) is 0.471. The average Bonchev–Trinajstić information content (AvgIpc) is 2.20. The largest absolute Gasteiger partial charge is 0.295 e. The predicted octanol–water partition coefficient (Wildman–Crippen LogP) is 4.16. The molecule has 1 nitrogen and oxygen atoms in total. The van der Waals surface area contributed by atoms with Crippen molar-refractivity contribution in [2.45, 2.75) is 47.0 Å². The Morgan fingerprint density at radius 3 is 2.44 bits per heavy atom. The van der Waals surface area contributed by atoms with Crippen molar-refractivity contribution in [3.05, 3.63) is 46.5 Å². The maximum atomic E-state index is 11.7. The first kappa shape index (κ1) is 13.1. The van der Waals surface area contributed by atoms with Crippen LogP contribution in [0.25, 0.3) is 0 Å². The molecule has 1 aromatic rings. The van der Waals surface area contributed by atoms with Crippen molar-refractivity contribution in [3.8, 4) is 0 Å². The summed E-state index contributed by atoms with van der Waals surface area (Å²) >= 11 is 0. The Hall–Kier alpha value is -1.37. The molecule has 0 aromatic heterocycles. The van der Waals surface area contributed by atoms with Gasteiger partial charge in [-0.2, -0.15) is 0 Å². The van der Waals surface area contributed by atoms with Gasteiger partial charge in [-0.3, -0.25) is 4.79 Å². The van der Waals surface area contributed by atoms with Crippen LogP contribution >= 0.6 is 0 Å². The molecule has 0 atom stereocenters. The molecular weight excluding hydrogens is 220 g/mol. The summed E-state index contributed by atoms with van der Waals surface area (Å²) in [5, 5.41) is 0. The number of allylic oxidation sites excluding steroid dienone is 2. The average molecular weight is 242 g/mol. The predicted molar refractivity (Wildman–Crippen MR) is 75.7 cm³/mol. The van der Waals surface area contributed by atoms with Crippen molar-refractivity contribution >= 4 is 5.78 Å². The Morgan fingerprint density at radius 1 is 1.11 bits per heavy atom. The second-order valence-electron chi connectivity index (χ2n) is 6.38. The van der Waals surface area contributed by atoms with E-state index in [2.05, 4.69) is 45.9 Å². The van der Waals surface area contributed by atoms with Crippen LogP contribution in [0, 0.1) is 19.3 Å². The van der Waals surface area contributed by atoms with Gasteiger partial charge in [-0.1, -0.05) is 37.6 Å². The van der Waals surface area contributed by atoms with Gasteiger partial charge in [0, 0.05) is 6.42 Å². The van der Waals surface area contributed by atoms with Crippen LogP contribution in [0.15, 0.2) is 29.8 Å². The summed E-state index contributed by atoms with van der Waals surface area (Å²) in [4.78, 5) is 11.7. The van der Waals surface area contributed by atoms with Gasteiger partial charge in [-0.05, 0) is 54.9 Å². The molecular formula is C17H22O. The van der Waals surface area contributed by atoms with E-state index in [9.17, 15) is 4.79 Å². The van der Waals surface area contributed by atoms with E-state index in [1.54, 1.807) is 0 Å². The van der Waals surface area contributed by atoms with Crippen LogP contribution in [0.3, 0.4) is 0 Å². The molecule has 0 aliphatic heterocycles. The first-order valence-electron chi connectivity index (χ1n) is 6.64. The summed E-state index contributed by atoms with van der Waals surface area (Å²) in [5.41, 5.74) is 5.37. The minimum absolute atomic E-state index is 0.126. The lowest BCUT2D eigenvalue weighted by molar-refractivity contribution is -0.117. The van der Waals surface area contributed by atoms with Crippen LogP contribution in [0.2, 0.25) is 0 Å². The Kier molecular flexibility index (Phi) is 3.43. The SMILES string of the molecule is Cc1ccc(CC2=CC(=O)CC(C)(C)C2)cc1C. The highest BCUT2D eigenvalue weighted by Gasteiger charge is 2.27. The molecule has 96 valence electrons. The van der Waals surface area contributed by atoms with Crippen LogP contribution < -0.4 is 0 Å². The minimum atomic E-state index is 0.126. The third-order valence-electron chi connectivity index (χ3n) is 3.73. The van der Waals surface area contributed by atoms with Crippen LogP contribution in [0.4, 0.5) is 0 Å². The Morgan fingerprint density at radius 2 is 1.83 bits per heavy atom. The summed E-state index contributed by atoms with van der Waals surface area (Å²) in [6, 6.07) is 6.58. The highest BCUT2D eigenvalue weighted by atomic mass is 16.1. The lowest BCUT2D eigenvalue weighted by Crippen LogP contribution is -2.22. The highest BCUT2D eigenvalue weighted by Crippen LogP contribution is 2.34. The maximum absolute atomic E-state index is 11.7. The molecule has 0 saturated heterocycles. The highest BCUT2D eigenvalue weighted by molar-refractivity contribution is 5.91. The standard InChI is InChI=1S/C17H22O/c1-12-5-6-14(7-13(12)2)8-15-9-16(18)11-17(3,4)10-15/h5-7,9H,8,10-11H2,1-4H3. The fourth-order valence-electron chi connectivity index (χ4n) is 2.77. The van der Waals surface area contributed by atoms with Gasteiger partial charge in [0.25, 0.3) is 0 Å². The molecule has 0 heterocycles. The normalized spacial score (nSPS) is 18.7. The second kappa shape index (κ2) is 4.72. The van der Waals surface area contributed by atoms with Gasteiger partial charge in [-0.15, -0.1) is 0 Å². The number of carbonyl (C=O) groups is 1. The molecule has 0 N–H and O–H groups in total. The van der Waals surface area contributed by atoms with Gasteiger partial charge < -0.3 is 0 Å². The van der Waals surface area contributed by atoms with Gasteiger partial charge in [-0.25, -0.2) is 0 Å². The maximum Gasteiger partial charge on any atom is 0.156 e. The second-order valence-corrected chi connectivity index (χ2v) is 6.38. The molecule has 0 spiro atoms. The van der Waals surface area contributed by atoms with Crippen LogP contribution in [0.5, 0.6) is 0 Å². The first-order valence-corrected chi connectivity index (χ1v) is 6.64. The number of carbonyl (C=O) groups excluding carboxylic acids is 1. The van der Waals surface area contributed by atoms with Crippen LogP contribution in [0.1, 0.15) is 43.4 Å². The van der Waals surface area contributed by atoms with Gasteiger partial charge in [0.2, 0.25) is 0 Å². The van der Waals surface area contributed by atoms with Crippen molar-refractivity contribution in [3.63, 3.8) is 0 Å². The molecule has 0 amide bonds. The van der Waals surface area contributed by atoms with Gasteiger partial charge in [0.1, 0.15) is 0 Å². The molecule has 0 radical (unpaired) electrons. The molecule has 1 heteroatoms. The zero-order valence-corrected chi connectivity index (χ0v) is 11.8. The van der Waals surface area contributed by atoms with Gasteiger partial charge in [0.05, 0.1) is 0 Å². The zero-order valence-electron chi connectivity index (χ0n) is 11.8. The van der Waals surface area contributed by atoms with Crippen LogP contribution in [-0.2, 0) is 11.2 Å². The first-order chi connectivity index (χ1) is 8.35. The van der Waals surface area contributed by atoms with E-state index in [4.69, 9.17) is 0 Å². The van der Waals surface area contributed by atoms with Crippen molar-refractivity contribution in [2.75, 3.05) is 0 Å². The third kappa shape index (κ3) is 3.10. The molecule has 1 aromatic carbocycles. The summed E-state index contributed by atoms with van der Waals surface area (Å²) < 4.78 is 0.